The molecule has 1 fully saturated rings. The second-order valence-corrected chi connectivity index (χ2v) is 4.29. The van der Waals surface area contributed by atoms with E-state index in [1.54, 1.807) is 12.4 Å². The van der Waals surface area contributed by atoms with Crippen LogP contribution in [0.1, 0.15) is 19.4 Å². The summed E-state index contributed by atoms with van der Waals surface area (Å²) in [6.07, 6.45) is 8.66. The maximum absolute atomic E-state index is 5.27. The lowest BCUT2D eigenvalue weighted by atomic mass is 10.1. The van der Waals surface area contributed by atoms with E-state index in [0.29, 0.717) is 12.1 Å². The van der Waals surface area contributed by atoms with Crippen LogP contribution < -0.4 is 10.2 Å². The zero-order chi connectivity index (χ0) is 11.5. The van der Waals surface area contributed by atoms with E-state index in [4.69, 9.17) is 6.42 Å². The van der Waals surface area contributed by atoms with E-state index >= 15 is 0 Å². The van der Waals surface area contributed by atoms with Crippen LogP contribution in [0.2, 0.25) is 0 Å². The van der Waals surface area contributed by atoms with E-state index < -0.39 is 0 Å². The molecule has 2 rings (SSSR count). The Bertz CT molecular complexity index is 382. The fraction of sp³-hybridized carbons (Fsp3) is 0.500. The highest BCUT2D eigenvalue weighted by Gasteiger charge is 2.22. The summed E-state index contributed by atoms with van der Waals surface area (Å²) in [4.78, 5) is 10.8. The zero-order valence-electron chi connectivity index (χ0n) is 9.64. The van der Waals surface area contributed by atoms with Crippen molar-refractivity contribution in [1.82, 2.24) is 15.3 Å². The van der Waals surface area contributed by atoms with Gasteiger partial charge in [-0.3, -0.25) is 0 Å². The third-order valence-corrected chi connectivity index (χ3v) is 2.65. The van der Waals surface area contributed by atoms with Gasteiger partial charge < -0.3 is 10.2 Å². The quantitative estimate of drug-likeness (QED) is 0.700. The maximum atomic E-state index is 5.27. The number of nitrogens with one attached hydrogen (secondary N) is 1. The summed E-state index contributed by atoms with van der Waals surface area (Å²) in [5, 5.41) is 3.47. The number of rotatable bonds is 1. The number of aromatic nitrogens is 2. The fourth-order valence-corrected chi connectivity index (χ4v) is 2.05. The summed E-state index contributed by atoms with van der Waals surface area (Å²) in [5.74, 6) is 3.28. The molecule has 0 bridgehead atoms. The van der Waals surface area contributed by atoms with Crippen molar-refractivity contribution in [1.29, 1.82) is 0 Å². The van der Waals surface area contributed by atoms with Crippen LogP contribution in [0.4, 0.5) is 5.95 Å². The molecule has 0 saturated carbocycles. The number of hydrogen-bond donors (Lipinski definition) is 1. The lowest BCUT2D eigenvalue weighted by molar-refractivity contribution is 0.403. The van der Waals surface area contributed by atoms with E-state index in [9.17, 15) is 0 Å². The predicted molar refractivity (Wildman–Crippen MR) is 64.2 cm³/mol. The molecule has 1 aromatic rings. The Balaban J connectivity index is 2.14. The number of terminal acetylenes is 1. The second kappa shape index (κ2) is 4.50. The smallest absolute Gasteiger partial charge is 0.225 e. The van der Waals surface area contributed by atoms with Crippen LogP contribution in [0.5, 0.6) is 0 Å². The van der Waals surface area contributed by atoms with Gasteiger partial charge in [0.15, 0.2) is 0 Å². The molecule has 1 aliphatic rings. The largest absolute Gasteiger partial charge is 0.338 e. The van der Waals surface area contributed by atoms with Gasteiger partial charge in [0, 0.05) is 37.6 Å². The standard InChI is InChI=1S/C12H16N4/c1-4-11-5-13-12(14-6-11)16-7-9(2)15-10(3)8-16/h1,5-6,9-10,15H,7-8H2,2-3H3/t9-,10+. The molecule has 0 unspecified atom stereocenters. The average Bonchev–Trinajstić information content (AvgIpc) is 2.28. The molecule has 0 amide bonds. The normalized spacial score (nSPS) is 25.2. The van der Waals surface area contributed by atoms with Crippen molar-refractivity contribution < 1.29 is 0 Å². The highest BCUT2D eigenvalue weighted by molar-refractivity contribution is 5.35. The minimum atomic E-state index is 0.458. The molecule has 0 aromatic carbocycles. The van der Waals surface area contributed by atoms with E-state index in [1.165, 1.54) is 0 Å². The minimum Gasteiger partial charge on any atom is -0.338 e. The average molecular weight is 216 g/mol. The maximum Gasteiger partial charge on any atom is 0.225 e. The highest BCUT2D eigenvalue weighted by atomic mass is 15.3. The molecule has 0 aliphatic carbocycles. The SMILES string of the molecule is C#Cc1cnc(N2C[C@@H](C)N[C@@H](C)C2)nc1. The first-order valence-corrected chi connectivity index (χ1v) is 5.48. The molecule has 1 saturated heterocycles. The summed E-state index contributed by atoms with van der Waals surface area (Å²) >= 11 is 0. The van der Waals surface area contributed by atoms with Crippen LogP contribution in [-0.4, -0.2) is 35.1 Å². The summed E-state index contributed by atoms with van der Waals surface area (Å²) in [7, 11) is 0. The first-order chi connectivity index (χ1) is 7.69. The fourth-order valence-electron chi connectivity index (χ4n) is 2.05. The van der Waals surface area contributed by atoms with Crippen molar-refractivity contribution in [3.63, 3.8) is 0 Å². The molecule has 84 valence electrons. The van der Waals surface area contributed by atoms with Gasteiger partial charge in [-0.25, -0.2) is 9.97 Å². The second-order valence-electron chi connectivity index (χ2n) is 4.29. The molecular formula is C12H16N4. The Morgan fingerprint density at radius 3 is 2.38 bits per heavy atom. The topological polar surface area (TPSA) is 41.1 Å². The predicted octanol–water partition coefficient (Wildman–Crippen LogP) is 0.644. The van der Waals surface area contributed by atoms with Crippen molar-refractivity contribution in [3.05, 3.63) is 18.0 Å². The van der Waals surface area contributed by atoms with Gasteiger partial charge in [-0.15, -0.1) is 6.42 Å². The molecule has 16 heavy (non-hydrogen) atoms. The van der Waals surface area contributed by atoms with Gasteiger partial charge in [-0.2, -0.15) is 0 Å². The first-order valence-electron chi connectivity index (χ1n) is 5.48. The molecule has 1 aliphatic heterocycles. The number of hydrogen-bond acceptors (Lipinski definition) is 4. The van der Waals surface area contributed by atoms with Crippen LogP contribution in [0, 0.1) is 12.3 Å². The third-order valence-electron chi connectivity index (χ3n) is 2.65. The Morgan fingerprint density at radius 2 is 1.88 bits per heavy atom. The van der Waals surface area contributed by atoms with Crippen LogP contribution in [-0.2, 0) is 0 Å². The van der Waals surface area contributed by atoms with Gasteiger partial charge >= 0.3 is 0 Å². The summed E-state index contributed by atoms with van der Waals surface area (Å²) in [6.45, 7) is 6.19. The van der Waals surface area contributed by atoms with E-state index in [0.717, 1.165) is 24.6 Å². The molecule has 2 atom stereocenters. The van der Waals surface area contributed by atoms with Crippen LogP contribution in [0.25, 0.3) is 0 Å². The monoisotopic (exact) mass is 216 g/mol. The molecule has 2 heterocycles. The number of nitrogens with zero attached hydrogens (tertiary/aromatic N) is 3. The van der Waals surface area contributed by atoms with Crippen LogP contribution in [0.15, 0.2) is 12.4 Å². The molecule has 4 nitrogen and oxygen atoms in total. The summed E-state index contributed by atoms with van der Waals surface area (Å²) in [6, 6.07) is 0.916. The number of piperazine rings is 1. The van der Waals surface area contributed by atoms with Gasteiger partial charge in [-0.05, 0) is 13.8 Å². The first kappa shape index (κ1) is 10.9. The minimum absolute atomic E-state index is 0.458. The van der Waals surface area contributed by atoms with Crippen LogP contribution in [0.3, 0.4) is 0 Å². The van der Waals surface area contributed by atoms with Crippen LogP contribution >= 0.6 is 0 Å². The van der Waals surface area contributed by atoms with E-state index in [-0.39, 0.29) is 0 Å². The molecule has 0 spiro atoms. The van der Waals surface area contributed by atoms with Gasteiger partial charge in [0.1, 0.15) is 0 Å². The Labute approximate surface area is 96.1 Å². The van der Waals surface area contributed by atoms with E-state index in [2.05, 4.69) is 40.0 Å². The molecular weight excluding hydrogens is 200 g/mol. The molecule has 0 radical (unpaired) electrons. The lowest BCUT2D eigenvalue weighted by Crippen LogP contribution is -2.54. The van der Waals surface area contributed by atoms with Crippen molar-refractivity contribution >= 4 is 5.95 Å². The van der Waals surface area contributed by atoms with Crippen molar-refractivity contribution in [2.45, 2.75) is 25.9 Å². The van der Waals surface area contributed by atoms with Gasteiger partial charge in [-0.1, -0.05) is 5.92 Å². The van der Waals surface area contributed by atoms with E-state index in [1.807, 2.05) is 0 Å². The highest BCUT2D eigenvalue weighted by Crippen LogP contribution is 2.12. The summed E-state index contributed by atoms with van der Waals surface area (Å²) < 4.78 is 0. The zero-order valence-corrected chi connectivity index (χ0v) is 9.64. The van der Waals surface area contributed by atoms with Crippen molar-refractivity contribution in [2.24, 2.45) is 0 Å². The Morgan fingerprint density at radius 1 is 1.31 bits per heavy atom. The third kappa shape index (κ3) is 2.31. The lowest BCUT2D eigenvalue weighted by Gasteiger charge is -2.36. The van der Waals surface area contributed by atoms with Gasteiger partial charge in [0.25, 0.3) is 0 Å². The Hall–Kier alpha value is -1.60. The molecule has 1 N–H and O–H groups in total. The van der Waals surface area contributed by atoms with Crippen molar-refractivity contribution in [2.75, 3.05) is 18.0 Å². The van der Waals surface area contributed by atoms with Gasteiger partial charge in [0.2, 0.25) is 5.95 Å². The molecule has 1 aromatic heterocycles. The number of anilines is 1. The Kier molecular flexibility index (Phi) is 3.07. The van der Waals surface area contributed by atoms with Crippen molar-refractivity contribution in [3.8, 4) is 12.3 Å². The summed E-state index contributed by atoms with van der Waals surface area (Å²) in [5.41, 5.74) is 0.722. The van der Waals surface area contributed by atoms with Gasteiger partial charge in [0.05, 0.1) is 5.56 Å². The molecule has 4 heteroatoms.